The Morgan fingerprint density at radius 3 is 2.63 bits per heavy atom. The van der Waals surface area contributed by atoms with Crippen molar-refractivity contribution in [2.75, 3.05) is 18.0 Å². The molecule has 2 fully saturated rings. The quantitative estimate of drug-likeness (QED) is 0.255. The van der Waals surface area contributed by atoms with Crippen LogP contribution in [0.2, 0.25) is 0 Å². The molecule has 7 nitrogen and oxygen atoms in total. The molecule has 38 heavy (non-hydrogen) atoms. The van der Waals surface area contributed by atoms with Gasteiger partial charge in [-0.05, 0) is 56.0 Å². The normalized spacial score (nSPS) is 16.6. The number of anilines is 1. The van der Waals surface area contributed by atoms with E-state index < -0.39 is 6.36 Å². The number of hydrogen-bond acceptors (Lipinski definition) is 8. The molecule has 3 heterocycles. The van der Waals surface area contributed by atoms with Crippen LogP contribution in [0.25, 0.3) is 21.5 Å². The van der Waals surface area contributed by atoms with Gasteiger partial charge in [0.05, 0.1) is 34.6 Å². The predicted octanol–water partition coefficient (Wildman–Crippen LogP) is 6.78. The number of halogens is 3. The molecule has 2 aromatic heterocycles. The van der Waals surface area contributed by atoms with E-state index in [2.05, 4.69) is 20.9 Å². The number of benzene rings is 2. The smallest absolute Gasteiger partial charge is 0.405 e. The minimum absolute atomic E-state index is 0.0118. The van der Waals surface area contributed by atoms with E-state index in [0.29, 0.717) is 22.6 Å². The first-order valence-electron chi connectivity index (χ1n) is 12.4. The molecule has 0 unspecified atom stereocenters. The molecule has 0 amide bonds. The molecule has 0 spiro atoms. The lowest BCUT2D eigenvalue weighted by molar-refractivity contribution is -0.274. The summed E-state index contributed by atoms with van der Waals surface area (Å²) in [5, 5.41) is 14.2. The minimum Gasteiger partial charge on any atom is -0.405 e. The molecule has 196 valence electrons. The number of hydrogen-bond donors (Lipinski definition) is 0. The Balaban J connectivity index is 1.15. The topological polar surface area (TPSA) is 84.4 Å². The largest absolute Gasteiger partial charge is 0.573 e. The van der Waals surface area contributed by atoms with Gasteiger partial charge in [-0.15, -0.1) is 13.2 Å². The van der Waals surface area contributed by atoms with Gasteiger partial charge in [0.2, 0.25) is 0 Å². The third-order valence-electron chi connectivity index (χ3n) is 6.82. The summed E-state index contributed by atoms with van der Waals surface area (Å²) in [4.78, 5) is 6.95. The van der Waals surface area contributed by atoms with Crippen molar-refractivity contribution in [3.63, 3.8) is 0 Å². The third-order valence-corrected chi connectivity index (χ3v) is 7.90. The number of nitriles is 1. The van der Waals surface area contributed by atoms with Crippen molar-refractivity contribution >= 4 is 26.7 Å². The van der Waals surface area contributed by atoms with Crippen molar-refractivity contribution in [2.45, 2.75) is 50.7 Å². The molecule has 2 aliphatic rings. The molecule has 2 aromatic carbocycles. The number of thiazole rings is 1. The van der Waals surface area contributed by atoms with Crippen LogP contribution in [0.3, 0.4) is 0 Å². The van der Waals surface area contributed by atoms with Crippen LogP contribution in [-0.4, -0.2) is 35.7 Å². The molecule has 1 aliphatic heterocycles. The summed E-state index contributed by atoms with van der Waals surface area (Å²) >= 11 is 1.57. The number of rotatable bonds is 7. The van der Waals surface area contributed by atoms with Crippen LogP contribution >= 0.6 is 11.3 Å². The number of fused-ring (bicyclic) bond motifs is 1. The average Bonchev–Trinajstić information content (AvgIpc) is 3.52. The first-order valence-corrected chi connectivity index (χ1v) is 13.2. The van der Waals surface area contributed by atoms with Crippen LogP contribution in [0, 0.1) is 11.3 Å². The van der Waals surface area contributed by atoms with E-state index in [9.17, 15) is 13.2 Å². The molecule has 6 rings (SSSR count). The molecule has 0 atom stereocenters. The monoisotopic (exact) mass is 540 g/mol. The molecule has 1 aliphatic carbocycles. The number of nitrogens with zero attached hydrogens (tertiary/aromatic N) is 4. The Morgan fingerprint density at radius 1 is 1.11 bits per heavy atom. The number of aromatic nitrogens is 2. The van der Waals surface area contributed by atoms with Gasteiger partial charge in [-0.3, -0.25) is 0 Å². The minimum atomic E-state index is -4.81. The van der Waals surface area contributed by atoms with E-state index in [-0.39, 0.29) is 29.9 Å². The van der Waals surface area contributed by atoms with Crippen molar-refractivity contribution in [1.29, 1.82) is 5.26 Å². The van der Waals surface area contributed by atoms with Gasteiger partial charge in [-0.2, -0.15) is 5.26 Å². The fraction of sp³-hybridized carbons (Fsp3) is 0.370. The maximum absolute atomic E-state index is 13.0. The van der Waals surface area contributed by atoms with E-state index in [1.165, 1.54) is 12.1 Å². The number of para-hydroxylation sites is 1. The Morgan fingerprint density at radius 2 is 1.89 bits per heavy atom. The van der Waals surface area contributed by atoms with Crippen molar-refractivity contribution in [2.24, 2.45) is 0 Å². The second kappa shape index (κ2) is 9.93. The molecule has 0 N–H and O–H groups in total. The standard InChI is InChI=1S/C27H23F3N4O3S/c28-27(29,30)36-22-4-2-1-3-19(22)24-20(25(37-33-24)17-6-7-17)15-35-18-9-11-34(12-10-18)26-32-21-8-5-16(14-31)13-23(21)38-26/h1-5,8,13,17-18H,6-7,9-12,15H2. The molecular weight excluding hydrogens is 517 g/mol. The number of ether oxygens (including phenoxy) is 2. The van der Waals surface area contributed by atoms with Gasteiger partial charge >= 0.3 is 6.36 Å². The first kappa shape index (κ1) is 24.7. The molecule has 1 saturated heterocycles. The zero-order valence-electron chi connectivity index (χ0n) is 20.2. The fourth-order valence-electron chi connectivity index (χ4n) is 4.75. The van der Waals surface area contributed by atoms with Gasteiger partial charge in [0.15, 0.2) is 5.13 Å². The SMILES string of the molecule is N#Cc1ccc2nc(N3CCC(OCc4c(-c5ccccc5OC(F)(F)F)noc4C4CC4)CC3)sc2c1. The summed E-state index contributed by atoms with van der Waals surface area (Å²) in [6.45, 7) is 1.74. The third kappa shape index (κ3) is 5.19. The van der Waals surface area contributed by atoms with Gasteiger partial charge in [0.25, 0.3) is 0 Å². The van der Waals surface area contributed by atoms with Gasteiger partial charge in [-0.25, -0.2) is 4.98 Å². The molecule has 4 aromatic rings. The summed E-state index contributed by atoms with van der Waals surface area (Å²) in [6.07, 6.45) is -1.34. The van der Waals surface area contributed by atoms with Crippen molar-refractivity contribution in [3.05, 3.63) is 59.4 Å². The van der Waals surface area contributed by atoms with E-state index in [4.69, 9.17) is 19.5 Å². The van der Waals surface area contributed by atoms with Crippen LogP contribution in [0.1, 0.15) is 48.5 Å². The van der Waals surface area contributed by atoms with Crippen LogP contribution in [-0.2, 0) is 11.3 Å². The van der Waals surface area contributed by atoms with Gasteiger partial charge < -0.3 is 18.9 Å². The second-order valence-corrected chi connectivity index (χ2v) is 10.5. The molecule has 0 bridgehead atoms. The highest BCUT2D eigenvalue weighted by molar-refractivity contribution is 7.22. The van der Waals surface area contributed by atoms with Gasteiger partial charge in [0.1, 0.15) is 17.2 Å². The van der Waals surface area contributed by atoms with E-state index in [0.717, 1.165) is 54.1 Å². The Labute approximate surface area is 220 Å². The van der Waals surface area contributed by atoms with E-state index in [1.54, 1.807) is 29.5 Å². The Kier molecular flexibility index (Phi) is 6.45. The summed E-state index contributed by atoms with van der Waals surface area (Å²) in [6, 6.07) is 13.6. The van der Waals surface area contributed by atoms with Crippen LogP contribution in [0.4, 0.5) is 18.3 Å². The highest BCUT2D eigenvalue weighted by Crippen LogP contribution is 2.46. The zero-order valence-corrected chi connectivity index (χ0v) is 21.0. The second-order valence-electron chi connectivity index (χ2n) is 9.48. The van der Waals surface area contributed by atoms with Gasteiger partial charge in [0, 0.05) is 30.1 Å². The van der Waals surface area contributed by atoms with E-state index in [1.807, 2.05) is 12.1 Å². The summed E-state index contributed by atoms with van der Waals surface area (Å²) in [5.74, 6) is 0.585. The zero-order chi connectivity index (χ0) is 26.3. The lowest BCUT2D eigenvalue weighted by Gasteiger charge is -2.31. The summed E-state index contributed by atoms with van der Waals surface area (Å²) < 4.78 is 56.2. The van der Waals surface area contributed by atoms with Crippen LogP contribution in [0.15, 0.2) is 47.0 Å². The summed E-state index contributed by atoms with van der Waals surface area (Å²) in [5.41, 5.74) is 2.74. The average molecular weight is 541 g/mol. The fourth-order valence-corrected chi connectivity index (χ4v) is 5.80. The molecular formula is C27H23F3N4O3S. The number of piperidine rings is 1. The number of alkyl halides is 3. The first-order chi connectivity index (χ1) is 18.4. The Bertz CT molecular complexity index is 1500. The molecule has 11 heteroatoms. The highest BCUT2D eigenvalue weighted by Gasteiger charge is 2.36. The van der Waals surface area contributed by atoms with Crippen molar-refractivity contribution in [3.8, 4) is 23.1 Å². The molecule has 0 radical (unpaired) electrons. The van der Waals surface area contributed by atoms with E-state index >= 15 is 0 Å². The molecule has 1 saturated carbocycles. The van der Waals surface area contributed by atoms with Crippen LogP contribution in [0.5, 0.6) is 5.75 Å². The Hall–Kier alpha value is -3.62. The maximum Gasteiger partial charge on any atom is 0.573 e. The van der Waals surface area contributed by atoms with Crippen molar-refractivity contribution in [1.82, 2.24) is 10.1 Å². The lowest BCUT2D eigenvalue weighted by Crippen LogP contribution is -2.36. The lowest BCUT2D eigenvalue weighted by atomic mass is 10.0. The highest BCUT2D eigenvalue weighted by atomic mass is 32.1. The van der Waals surface area contributed by atoms with Crippen molar-refractivity contribution < 1.29 is 27.2 Å². The maximum atomic E-state index is 13.0. The summed E-state index contributed by atoms with van der Waals surface area (Å²) in [7, 11) is 0. The predicted molar refractivity (Wildman–Crippen MR) is 135 cm³/mol. The van der Waals surface area contributed by atoms with Gasteiger partial charge in [-0.1, -0.05) is 28.6 Å². The van der Waals surface area contributed by atoms with Crippen LogP contribution < -0.4 is 9.64 Å².